The molecule has 0 saturated carbocycles. The van der Waals surface area contributed by atoms with Gasteiger partial charge >= 0.3 is 6.09 Å². The zero-order valence-electron chi connectivity index (χ0n) is 13.5. The summed E-state index contributed by atoms with van der Waals surface area (Å²) in [5.74, 6) is 0.582. The summed E-state index contributed by atoms with van der Waals surface area (Å²) in [6, 6.07) is 7.62. The first-order chi connectivity index (χ1) is 10.3. The first kappa shape index (κ1) is 16.2. The van der Waals surface area contributed by atoms with Crippen LogP contribution in [-0.4, -0.2) is 35.8 Å². The molecule has 1 saturated heterocycles. The van der Waals surface area contributed by atoms with Crippen LogP contribution in [0.15, 0.2) is 18.2 Å². The monoisotopic (exact) mass is 302 g/mol. The van der Waals surface area contributed by atoms with Gasteiger partial charge in [-0.15, -0.1) is 0 Å². The van der Waals surface area contributed by atoms with E-state index in [0.29, 0.717) is 24.4 Å². The number of amides is 1. The van der Waals surface area contributed by atoms with E-state index in [2.05, 4.69) is 6.07 Å². The lowest BCUT2D eigenvalue weighted by Gasteiger charge is -2.24. The molecule has 0 spiro atoms. The van der Waals surface area contributed by atoms with E-state index < -0.39 is 5.60 Å². The van der Waals surface area contributed by atoms with Crippen molar-refractivity contribution in [1.82, 2.24) is 4.90 Å². The molecule has 1 aromatic rings. The number of benzene rings is 1. The Kier molecular flexibility index (Phi) is 4.60. The molecule has 0 aliphatic carbocycles. The Bertz CT molecular complexity index is 599. The zero-order valence-corrected chi connectivity index (χ0v) is 13.5. The molecule has 1 unspecified atom stereocenters. The number of hydrogen-bond acceptors (Lipinski definition) is 4. The number of rotatable bonds is 2. The van der Waals surface area contributed by atoms with E-state index in [1.165, 1.54) is 0 Å². The third-order valence-electron chi connectivity index (χ3n) is 3.35. The van der Waals surface area contributed by atoms with Crippen molar-refractivity contribution in [2.45, 2.75) is 45.8 Å². The maximum absolute atomic E-state index is 12.0. The van der Waals surface area contributed by atoms with Gasteiger partial charge in [-0.3, -0.25) is 0 Å². The molecule has 0 aromatic heterocycles. The minimum absolute atomic E-state index is 0.110. The van der Waals surface area contributed by atoms with Gasteiger partial charge in [-0.1, -0.05) is 6.07 Å². The minimum atomic E-state index is -0.499. The summed E-state index contributed by atoms with van der Waals surface area (Å²) < 4.78 is 11.3. The van der Waals surface area contributed by atoms with Crippen LogP contribution in [0.5, 0.6) is 5.75 Å². The van der Waals surface area contributed by atoms with Gasteiger partial charge in [0, 0.05) is 13.0 Å². The van der Waals surface area contributed by atoms with Crippen LogP contribution >= 0.6 is 0 Å². The van der Waals surface area contributed by atoms with Gasteiger partial charge in [0.15, 0.2) is 0 Å². The Morgan fingerprint density at radius 3 is 2.77 bits per heavy atom. The van der Waals surface area contributed by atoms with Gasteiger partial charge in [0.05, 0.1) is 12.1 Å². The van der Waals surface area contributed by atoms with E-state index in [1.54, 1.807) is 11.0 Å². The fourth-order valence-corrected chi connectivity index (χ4v) is 2.32. The second-order valence-electron chi connectivity index (χ2n) is 6.57. The molecular weight excluding hydrogens is 280 g/mol. The van der Waals surface area contributed by atoms with E-state index in [0.717, 1.165) is 12.0 Å². The highest BCUT2D eigenvalue weighted by Crippen LogP contribution is 2.24. The number of hydrogen-bond donors (Lipinski definition) is 0. The summed E-state index contributed by atoms with van der Waals surface area (Å²) in [4.78, 5) is 13.7. The summed E-state index contributed by atoms with van der Waals surface area (Å²) in [7, 11) is 0. The molecular formula is C17H22N2O3. The molecule has 1 heterocycles. The summed E-state index contributed by atoms with van der Waals surface area (Å²) in [6.45, 7) is 8.58. The van der Waals surface area contributed by atoms with Gasteiger partial charge in [0.2, 0.25) is 0 Å². The molecule has 1 aliphatic heterocycles. The Balaban J connectivity index is 1.99. The maximum atomic E-state index is 12.0. The van der Waals surface area contributed by atoms with Crippen LogP contribution in [0.2, 0.25) is 0 Å². The Morgan fingerprint density at radius 2 is 2.14 bits per heavy atom. The molecule has 1 fully saturated rings. The van der Waals surface area contributed by atoms with Crippen LogP contribution in [0, 0.1) is 18.3 Å². The molecule has 22 heavy (non-hydrogen) atoms. The zero-order chi connectivity index (χ0) is 16.3. The molecule has 1 atom stereocenters. The maximum Gasteiger partial charge on any atom is 0.410 e. The van der Waals surface area contributed by atoms with E-state index in [-0.39, 0.29) is 12.2 Å². The van der Waals surface area contributed by atoms with Gasteiger partial charge in [-0.2, -0.15) is 5.26 Å². The van der Waals surface area contributed by atoms with Crippen LogP contribution < -0.4 is 4.74 Å². The fourth-order valence-electron chi connectivity index (χ4n) is 2.32. The average Bonchev–Trinajstić information content (AvgIpc) is 2.86. The molecule has 2 rings (SSSR count). The highest BCUT2D eigenvalue weighted by molar-refractivity contribution is 5.68. The summed E-state index contributed by atoms with van der Waals surface area (Å²) in [5, 5.41) is 9.14. The van der Waals surface area contributed by atoms with E-state index >= 15 is 0 Å². The van der Waals surface area contributed by atoms with E-state index in [4.69, 9.17) is 14.7 Å². The lowest BCUT2D eigenvalue weighted by atomic mass is 10.1. The molecule has 1 aliphatic rings. The standard InChI is InChI=1S/C17H22N2O3/c1-12-5-6-13(10-18)15(9-12)21-14-7-8-19(11-14)16(20)22-17(2,3)4/h5-6,9,14H,7-8,11H2,1-4H3. The number of nitrogens with zero attached hydrogens (tertiary/aromatic N) is 2. The van der Waals surface area contributed by atoms with E-state index in [9.17, 15) is 4.79 Å². The van der Waals surface area contributed by atoms with Gasteiger partial charge < -0.3 is 14.4 Å². The smallest absolute Gasteiger partial charge is 0.410 e. The van der Waals surface area contributed by atoms with Crippen LogP contribution in [0.25, 0.3) is 0 Å². The number of nitriles is 1. The third-order valence-corrected chi connectivity index (χ3v) is 3.35. The molecule has 0 bridgehead atoms. The number of carbonyl (C=O) groups is 1. The second-order valence-corrected chi connectivity index (χ2v) is 6.57. The highest BCUT2D eigenvalue weighted by Gasteiger charge is 2.31. The molecule has 0 radical (unpaired) electrons. The van der Waals surface area contributed by atoms with Crippen molar-refractivity contribution in [3.8, 4) is 11.8 Å². The predicted octanol–water partition coefficient (Wildman–Crippen LogP) is 3.25. The predicted molar refractivity (Wildman–Crippen MR) is 82.7 cm³/mol. The second kappa shape index (κ2) is 6.27. The first-order valence-corrected chi connectivity index (χ1v) is 7.44. The topological polar surface area (TPSA) is 62.6 Å². The minimum Gasteiger partial charge on any atom is -0.487 e. The van der Waals surface area contributed by atoms with Crippen molar-refractivity contribution in [3.63, 3.8) is 0 Å². The third kappa shape index (κ3) is 4.14. The Labute approximate surface area is 131 Å². The number of aryl methyl sites for hydroxylation is 1. The van der Waals surface area contributed by atoms with Crippen LogP contribution in [0.3, 0.4) is 0 Å². The SMILES string of the molecule is Cc1ccc(C#N)c(OC2CCN(C(=O)OC(C)(C)C)C2)c1. The fraction of sp³-hybridized carbons (Fsp3) is 0.529. The van der Waals surface area contributed by atoms with Gasteiger partial charge in [0.1, 0.15) is 23.5 Å². The average molecular weight is 302 g/mol. The van der Waals surface area contributed by atoms with Gasteiger partial charge in [-0.25, -0.2) is 4.79 Å². The lowest BCUT2D eigenvalue weighted by molar-refractivity contribution is 0.0275. The number of ether oxygens (including phenoxy) is 2. The lowest BCUT2D eigenvalue weighted by Crippen LogP contribution is -2.36. The Hall–Kier alpha value is -2.22. The molecule has 1 amide bonds. The van der Waals surface area contributed by atoms with Crippen molar-refractivity contribution >= 4 is 6.09 Å². The molecule has 5 nitrogen and oxygen atoms in total. The summed E-state index contributed by atoms with van der Waals surface area (Å²) in [5.41, 5.74) is 1.05. The first-order valence-electron chi connectivity index (χ1n) is 7.44. The van der Waals surface area contributed by atoms with Crippen molar-refractivity contribution in [2.75, 3.05) is 13.1 Å². The quantitative estimate of drug-likeness (QED) is 0.841. The molecule has 0 N–H and O–H groups in total. The van der Waals surface area contributed by atoms with Crippen LogP contribution in [0.1, 0.15) is 38.3 Å². The number of likely N-dealkylation sites (tertiary alicyclic amines) is 1. The van der Waals surface area contributed by atoms with Crippen molar-refractivity contribution in [2.24, 2.45) is 0 Å². The largest absolute Gasteiger partial charge is 0.487 e. The molecule has 5 heteroatoms. The molecule has 1 aromatic carbocycles. The number of carbonyl (C=O) groups excluding carboxylic acids is 1. The van der Waals surface area contributed by atoms with Crippen molar-refractivity contribution < 1.29 is 14.3 Å². The Morgan fingerprint density at radius 1 is 1.41 bits per heavy atom. The van der Waals surface area contributed by atoms with Crippen molar-refractivity contribution in [1.29, 1.82) is 5.26 Å². The van der Waals surface area contributed by atoms with E-state index in [1.807, 2.05) is 39.8 Å². The van der Waals surface area contributed by atoms with Gasteiger partial charge in [0.25, 0.3) is 0 Å². The van der Waals surface area contributed by atoms with Crippen LogP contribution in [-0.2, 0) is 4.74 Å². The van der Waals surface area contributed by atoms with Crippen molar-refractivity contribution in [3.05, 3.63) is 29.3 Å². The summed E-state index contributed by atoms with van der Waals surface area (Å²) in [6.07, 6.45) is 0.308. The normalized spacial score (nSPS) is 18.0. The summed E-state index contributed by atoms with van der Waals surface area (Å²) >= 11 is 0. The highest BCUT2D eigenvalue weighted by atomic mass is 16.6. The van der Waals surface area contributed by atoms with Crippen LogP contribution in [0.4, 0.5) is 4.79 Å². The molecule has 118 valence electrons. The van der Waals surface area contributed by atoms with Gasteiger partial charge in [-0.05, 0) is 45.4 Å².